The van der Waals surface area contributed by atoms with Gasteiger partial charge in [-0.3, -0.25) is 19.2 Å². The van der Waals surface area contributed by atoms with E-state index >= 15 is 0 Å². The highest BCUT2D eigenvalue weighted by molar-refractivity contribution is 6.40. The monoisotopic (exact) mass is 605 g/mol. The van der Waals surface area contributed by atoms with Crippen LogP contribution in [0.1, 0.15) is 54.4 Å². The number of carbonyl (C=O) groups is 5. The fourth-order valence-corrected chi connectivity index (χ4v) is 5.47. The lowest BCUT2D eigenvalue weighted by Gasteiger charge is -2.36. The molecular formula is C29H33Cl2N3O7. The first-order valence-corrected chi connectivity index (χ1v) is 13.8. The number of esters is 2. The highest BCUT2D eigenvalue weighted by atomic mass is 35.5. The third-order valence-electron chi connectivity index (χ3n) is 7.39. The van der Waals surface area contributed by atoms with Crippen molar-refractivity contribution in [3.05, 3.63) is 63.6 Å². The number of nitrogens with zero attached hydrogens (tertiary/aromatic N) is 1. The first kappa shape index (κ1) is 31.9. The van der Waals surface area contributed by atoms with Crippen molar-refractivity contribution in [3.8, 4) is 0 Å². The molecule has 1 aliphatic rings. The molecule has 3 amide bonds. The summed E-state index contributed by atoms with van der Waals surface area (Å²) in [6.07, 6.45) is 1.89. The summed E-state index contributed by atoms with van der Waals surface area (Å²) in [4.78, 5) is 63.7. The number of ether oxygens (including phenoxy) is 2. The first-order chi connectivity index (χ1) is 19.5. The number of likely N-dealkylation sites (tertiary alicyclic amines) is 1. The normalized spacial score (nSPS) is 17.1. The van der Waals surface area contributed by atoms with Crippen molar-refractivity contribution >= 4 is 58.5 Å². The van der Waals surface area contributed by atoms with Gasteiger partial charge < -0.3 is 25.0 Å². The Morgan fingerprint density at radius 1 is 0.976 bits per heavy atom. The number of hydrogen-bond acceptors (Lipinski definition) is 7. The van der Waals surface area contributed by atoms with Crippen LogP contribution in [-0.4, -0.2) is 67.4 Å². The zero-order chi connectivity index (χ0) is 30.2. The summed E-state index contributed by atoms with van der Waals surface area (Å²) >= 11 is 12.2. The summed E-state index contributed by atoms with van der Waals surface area (Å²) in [6.45, 7) is 0. The summed E-state index contributed by atoms with van der Waals surface area (Å²) in [5.41, 5.74) is 0.720. The van der Waals surface area contributed by atoms with Crippen molar-refractivity contribution in [1.29, 1.82) is 0 Å². The molecule has 41 heavy (non-hydrogen) atoms. The Kier molecular flexibility index (Phi) is 11.1. The van der Waals surface area contributed by atoms with Gasteiger partial charge in [0, 0.05) is 44.0 Å². The van der Waals surface area contributed by atoms with E-state index < -0.39 is 23.5 Å². The maximum Gasteiger partial charge on any atom is 0.328 e. The maximum atomic E-state index is 12.9. The Balaban J connectivity index is 1.62. The number of rotatable bonds is 12. The first-order valence-electron chi connectivity index (χ1n) is 13.0. The molecule has 12 heteroatoms. The third-order valence-corrected chi connectivity index (χ3v) is 8.02. The Bertz CT molecular complexity index is 1280. The average Bonchev–Trinajstić information content (AvgIpc) is 3.23. The number of halogens is 2. The van der Waals surface area contributed by atoms with Crippen LogP contribution < -0.4 is 10.6 Å². The summed E-state index contributed by atoms with van der Waals surface area (Å²) in [6, 6.07) is 10.6. The highest BCUT2D eigenvalue weighted by Gasteiger charge is 2.43. The van der Waals surface area contributed by atoms with Gasteiger partial charge in [-0.25, -0.2) is 4.79 Å². The number of nitrogens with one attached hydrogen (secondary N) is 2. The largest absolute Gasteiger partial charge is 0.469 e. The van der Waals surface area contributed by atoms with E-state index in [4.69, 9.17) is 32.7 Å². The molecule has 1 aliphatic heterocycles. The molecule has 2 aromatic rings. The van der Waals surface area contributed by atoms with Gasteiger partial charge in [-0.1, -0.05) is 41.4 Å². The Labute approximate surface area is 248 Å². The lowest BCUT2D eigenvalue weighted by molar-refractivity contribution is -0.145. The predicted octanol–water partition coefficient (Wildman–Crippen LogP) is 4.17. The van der Waals surface area contributed by atoms with Gasteiger partial charge in [0.15, 0.2) is 0 Å². The van der Waals surface area contributed by atoms with E-state index in [0.717, 1.165) is 0 Å². The molecule has 1 unspecified atom stereocenters. The molecule has 1 fully saturated rings. The minimum absolute atomic E-state index is 0.0435. The smallest absolute Gasteiger partial charge is 0.328 e. The average molecular weight is 607 g/mol. The van der Waals surface area contributed by atoms with Crippen molar-refractivity contribution in [2.24, 2.45) is 0 Å². The van der Waals surface area contributed by atoms with Gasteiger partial charge in [0.2, 0.25) is 11.8 Å². The number of carbonyl (C=O) groups excluding carboxylic acids is 5. The van der Waals surface area contributed by atoms with Crippen LogP contribution in [0.15, 0.2) is 42.5 Å². The lowest BCUT2D eigenvalue weighted by Crippen LogP contribution is -2.46. The van der Waals surface area contributed by atoms with Crippen molar-refractivity contribution in [3.63, 3.8) is 0 Å². The Morgan fingerprint density at radius 3 is 2.17 bits per heavy atom. The van der Waals surface area contributed by atoms with Crippen molar-refractivity contribution < 1.29 is 33.4 Å². The van der Waals surface area contributed by atoms with Gasteiger partial charge in [0.1, 0.15) is 6.04 Å². The second-order valence-corrected chi connectivity index (χ2v) is 10.7. The number of anilines is 1. The van der Waals surface area contributed by atoms with Gasteiger partial charge in [0.05, 0.1) is 29.8 Å². The highest BCUT2D eigenvalue weighted by Crippen LogP contribution is 2.37. The summed E-state index contributed by atoms with van der Waals surface area (Å²) in [5, 5.41) is 5.92. The van der Waals surface area contributed by atoms with Gasteiger partial charge in [-0.15, -0.1) is 0 Å². The number of hydrogen-bond donors (Lipinski definition) is 2. The lowest BCUT2D eigenvalue weighted by atomic mass is 9.85. The van der Waals surface area contributed by atoms with E-state index in [-0.39, 0.29) is 52.7 Å². The zero-order valence-electron chi connectivity index (χ0n) is 23.1. The van der Waals surface area contributed by atoms with Gasteiger partial charge in [-0.2, -0.15) is 0 Å². The molecule has 0 bridgehead atoms. The summed E-state index contributed by atoms with van der Waals surface area (Å²) in [7, 11) is 4.22. The van der Waals surface area contributed by atoms with Crippen molar-refractivity contribution in [1.82, 2.24) is 10.2 Å². The van der Waals surface area contributed by atoms with Crippen LogP contribution in [0.25, 0.3) is 0 Å². The summed E-state index contributed by atoms with van der Waals surface area (Å²) < 4.78 is 9.64. The minimum atomic E-state index is -0.955. The second kappa shape index (κ2) is 14.3. The van der Waals surface area contributed by atoms with Gasteiger partial charge in [0.25, 0.3) is 5.91 Å². The van der Waals surface area contributed by atoms with Crippen molar-refractivity contribution in [2.45, 2.75) is 56.5 Å². The van der Waals surface area contributed by atoms with E-state index in [9.17, 15) is 24.0 Å². The molecule has 10 nitrogen and oxygen atoms in total. The molecule has 2 aromatic carbocycles. The molecule has 0 radical (unpaired) electrons. The molecule has 1 heterocycles. The molecule has 0 saturated carbocycles. The van der Waals surface area contributed by atoms with Gasteiger partial charge >= 0.3 is 11.9 Å². The fourth-order valence-electron chi connectivity index (χ4n) is 4.90. The number of amides is 3. The topological polar surface area (TPSA) is 131 Å². The minimum Gasteiger partial charge on any atom is -0.469 e. The molecule has 1 saturated heterocycles. The van der Waals surface area contributed by atoms with Crippen LogP contribution in [0.3, 0.4) is 0 Å². The maximum absolute atomic E-state index is 12.9. The SMILES string of the molecule is COC(=O)CCC1(CCC(=O)N[C@@H](Cc2ccc(NC(=O)c3c(Cl)cccc3Cl)cc2)C(=O)OC)CCC(=O)N1C. The third kappa shape index (κ3) is 8.20. The fraction of sp³-hybridized carbons (Fsp3) is 0.414. The zero-order valence-corrected chi connectivity index (χ0v) is 24.6. The number of benzene rings is 2. The van der Waals surface area contributed by atoms with Crippen LogP contribution in [0, 0.1) is 0 Å². The van der Waals surface area contributed by atoms with E-state index in [1.807, 2.05) is 0 Å². The standard InChI is InChI=1S/C29H33Cl2N3O7/c1-34-24(36)12-15-29(34,16-13-25(37)40-2)14-11-23(35)33-22(28(39)41-3)17-18-7-9-19(10-8-18)32-27(38)26-20(30)5-4-6-21(26)31/h4-10,22H,11-17H2,1-3H3,(H,32,38)(H,33,35)/t22-,29?/m0/s1. The molecular weight excluding hydrogens is 573 g/mol. The number of methoxy groups -OCH3 is 2. The predicted molar refractivity (Wildman–Crippen MR) is 154 cm³/mol. The second-order valence-electron chi connectivity index (χ2n) is 9.85. The van der Waals surface area contributed by atoms with Gasteiger partial charge in [-0.05, 0) is 49.1 Å². The molecule has 0 aromatic heterocycles. The van der Waals surface area contributed by atoms with E-state index in [1.165, 1.54) is 14.2 Å². The van der Waals surface area contributed by atoms with Crippen LogP contribution in [0.5, 0.6) is 0 Å². The Hall–Kier alpha value is -3.63. The molecule has 0 aliphatic carbocycles. The molecule has 2 atom stereocenters. The molecule has 2 N–H and O–H groups in total. The van der Waals surface area contributed by atoms with E-state index in [2.05, 4.69) is 10.6 Å². The quantitative estimate of drug-likeness (QED) is 0.347. The van der Waals surface area contributed by atoms with E-state index in [1.54, 1.807) is 54.4 Å². The van der Waals surface area contributed by atoms with Crippen LogP contribution >= 0.6 is 23.2 Å². The van der Waals surface area contributed by atoms with Crippen LogP contribution in [0.2, 0.25) is 10.0 Å². The molecule has 220 valence electrons. The van der Waals surface area contributed by atoms with Crippen LogP contribution in [0.4, 0.5) is 5.69 Å². The van der Waals surface area contributed by atoms with Crippen LogP contribution in [-0.2, 0) is 35.1 Å². The molecule has 3 rings (SSSR count). The van der Waals surface area contributed by atoms with Crippen molar-refractivity contribution in [2.75, 3.05) is 26.6 Å². The summed E-state index contributed by atoms with van der Waals surface area (Å²) in [5.74, 6) is -1.89. The Morgan fingerprint density at radius 2 is 1.61 bits per heavy atom. The van der Waals surface area contributed by atoms with E-state index in [0.29, 0.717) is 36.9 Å². The molecule has 0 spiro atoms.